The van der Waals surface area contributed by atoms with Gasteiger partial charge in [0, 0.05) is 6.92 Å². The Labute approximate surface area is 134 Å². The van der Waals surface area contributed by atoms with Gasteiger partial charge in [-0.1, -0.05) is 13.8 Å². The Morgan fingerprint density at radius 1 is 1.04 bits per heavy atom. The van der Waals surface area contributed by atoms with Gasteiger partial charge in [-0.05, 0) is 12.8 Å². The summed E-state index contributed by atoms with van der Waals surface area (Å²) >= 11 is 0. The van der Waals surface area contributed by atoms with Crippen LogP contribution in [0.15, 0.2) is 0 Å². The molecule has 4 atom stereocenters. The highest BCUT2D eigenvalue weighted by atomic mass is 16.3. The SMILES string of the molecule is CC(=O)N[C@@H](CO)C(=O)N[C@H](C(=O)N[C@H](C=O)C(C)C)[C@@H](C)O. The fourth-order valence-electron chi connectivity index (χ4n) is 1.71. The van der Waals surface area contributed by atoms with Crippen LogP contribution in [-0.4, -0.2) is 65.1 Å². The van der Waals surface area contributed by atoms with Crippen LogP contribution in [0.3, 0.4) is 0 Å². The summed E-state index contributed by atoms with van der Waals surface area (Å²) < 4.78 is 0. The molecule has 3 amide bonds. The molecule has 0 aliphatic heterocycles. The minimum Gasteiger partial charge on any atom is -0.394 e. The maximum absolute atomic E-state index is 12.1. The highest BCUT2D eigenvalue weighted by Gasteiger charge is 2.30. The Bertz CT molecular complexity index is 438. The third kappa shape index (κ3) is 7.20. The molecule has 0 spiro atoms. The molecule has 0 aromatic carbocycles. The van der Waals surface area contributed by atoms with Crippen molar-refractivity contribution >= 4 is 24.0 Å². The van der Waals surface area contributed by atoms with E-state index in [1.165, 1.54) is 13.8 Å². The zero-order chi connectivity index (χ0) is 18.2. The van der Waals surface area contributed by atoms with Gasteiger partial charge in [0.25, 0.3) is 0 Å². The number of aliphatic hydroxyl groups excluding tert-OH is 2. The number of hydrogen-bond donors (Lipinski definition) is 5. The first-order chi connectivity index (χ1) is 10.6. The number of rotatable bonds is 9. The van der Waals surface area contributed by atoms with E-state index in [9.17, 15) is 24.3 Å². The van der Waals surface area contributed by atoms with Crippen LogP contribution >= 0.6 is 0 Å². The maximum atomic E-state index is 12.1. The molecule has 0 aromatic heterocycles. The number of amides is 3. The molecule has 0 radical (unpaired) electrons. The fourth-order valence-corrected chi connectivity index (χ4v) is 1.71. The van der Waals surface area contributed by atoms with Gasteiger partial charge in [-0.25, -0.2) is 0 Å². The van der Waals surface area contributed by atoms with Crippen LogP contribution in [0.25, 0.3) is 0 Å². The predicted octanol–water partition coefficient (Wildman–Crippen LogP) is -2.31. The average molecular weight is 331 g/mol. The molecule has 0 heterocycles. The summed E-state index contributed by atoms with van der Waals surface area (Å²) in [6.07, 6.45) is -0.674. The van der Waals surface area contributed by atoms with E-state index in [4.69, 9.17) is 5.11 Å². The summed E-state index contributed by atoms with van der Waals surface area (Å²) in [6.45, 7) is 5.26. The molecule has 0 fully saturated rings. The second-order valence-electron chi connectivity index (χ2n) is 5.58. The molecule has 0 saturated heterocycles. The Kier molecular flexibility index (Phi) is 9.04. The number of aldehydes is 1. The van der Waals surface area contributed by atoms with E-state index in [-0.39, 0.29) is 5.92 Å². The highest BCUT2D eigenvalue weighted by molar-refractivity contribution is 5.92. The van der Waals surface area contributed by atoms with Gasteiger partial charge in [-0.2, -0.15) is 0 Å². The first-order valence-corrected chi connectivity index (χ1v) is 7.26. The number of carbonyl (C=O) groups excluding carboxylic acids is 4. The Morgan fingerprint density at radius 3 is 1.96 bits per heavy atom. The van der Waals surface area contributed by atoms with Crippen molar-refractivity contribution in [2.24, 2.45) is 5.92 Å². The largest absolute Gasteiger partial charge is 0.394 e. The minimum absolute atomic E-state index is 0.161. The number of aliphatic hydroxyl groups is 2. The van der Waals surface area contributed by atoms with E-state index in [2.05, 4.69) is 16.0 Å². The summed E-state index contributed by atoms with van der Waals surface area (Å²) in [7, 11) is 0. The molecule has 0 saturated carbocycles. The van der Waals surface area contributed by atoms with Gasteiger partial charge in [0.1, 0.15) is 18.4 Å². The minimum atomic E-state index is -1.33. The summed E-state index contributed by atoms with van der Waals surface area (Å²) in [6, 6.07) is -3.33. The van der Waals surface area contributed by atoms with Gasteiger partial charge in [-0.15, -0.1) is 0 Å². The summed E-state index contributed by atoms with van der Waals surface area (Å²) in [5.41, 5.74) is 0. The quantitative estimate of drug-likeness (QED) is 0.300. The van der Waals surface area contributed by atoms with Gasteiger partial charge < -0.3 is 31.0 Å². The molecule has 0 rings (SSSR count). The third-order valence-electron chi connectivity index (χ3n) is 3.11. The molecule has 0 aromatic rings. The molecule has 132 valence electrons. The number of carbonyl (C=O) groups is 4. The van der Waals surface area contributed by atoms with Gasteiger partial charge in [0.15, 0.2) is 0 Å². The van der Waals surface area contributed by atoms with E-state index in [1.807, 2.05) is 0 Å². The lowest BCUT2D eigenvalue weighted by molar-refractivity contribution is -0.135. The molecule has 5 N–H and O–H groups in total. The van der Waals surface area contributed by atoms with E-state index < -0.39 is 48.6 Å². The lowest BCUT2D eigenvalue weighted by Crippen LogP contribution is -2.59. The van der Waals surface area contributed by atoms with Crippen LogP contribution in [0.2, 0.25) is 0 Å². The van der Waals surface area contributed by atoms with Crippen molar-refractivity contribution in [3.63, 3.8) is 0 Å². The predicted molar refractivity (Wildman–Crippen MR) is 81.1 cm³/mol. The molecule has 9 heteroatoms. The second-order valence-corrected chi connectivity index (χ2v) is 5.58. The third-order valence-corrected chi connectivity index (χ3v) is 3.11. The van der Waals surface area contributed by atoms with Crippen molar-refractivity contribution in [2.45, 2.75) is 51.9 Å². The summed E-state index contributed by atoms with van der Waals surface area (Å²) in [5.74, 6) is -2.25. The first kappa shape index (κ1) is 21.0. The fraction of sp³-hybridized carbons (Fsp3) is 0.714. The van der Waals surface area contributed by atoms with Crippen molar-refractivity contribution in [3.05, 3.63) is 0 Å². The van der Waals surface area contributed by atoms with Crippen LogP contribution in [0, 0.1) is 5.92 Å². The van der Waals surface area contributed by atoms with Crippen molar-refractivity contribution in [1.82, 2.24) is 16.0 Å². The van der Waals surface area contributed by atoms with E-state index in [0.717, 1.165) is 0 Å². The summed E-state index contributed by atoms with van der Waals surface area (Å²) in [5, 5.41) is 25.7. The molecule has 0 unspecified atom stereocenters. The highest BCUT2D eigenvalue weighted by Crippen LogP contribution is 2.01. The monoisotopic (exact) mass is 331 g/mol. The lowest BCUT2D eigenvalue weighted by Gasteiger charge is -2.25. The van der Waals surface area contributed by atoms with Crippen molar-refractivity contribution < 1.29 is 29.4 Å². The van der Waals surface area contributed by atoms with Crippen molar-refractivity contribution in [1.29, 1.82) is 0 Å². The molecule has 9 nitrogen and oxygen atoms in total. The van der Waals surface area contributed by atoms with Crippen molar-refractivity contribution in [3.8, 4) is 0 Å². The van der Waals surface area contributed by atoms with E-state index in [1.54, 1.807) is 13.8 Å². The topological polar surface area (TPSA) is 145 Å². The summed E-state index contributed by atoms with van der Waals surface area (Å²) in [4.78, 5) is 46.0. The first-order valence-electron chi connectivity index (χ1n) is 7.26. The Hall–Kier alpha value is -2.00. The smallest absolute Gasteiger partial charge is 0.245 e. The van der Waals surface area contributed by atoms with Gasteiger partial charge in [-0.3, -0.25) is 14.4 Å². The Morgan fingerprint density at radius 2 is 1.61 bits per heavy atom. The van der Waals surface area contributed by atoms with Gasteiger partial charge in [0.05, 0.1) is 18.8 Å². The van der Waals surface area contributed by atoms with Crippen molar-refractivity contribution in [2.75, 3.05) is 6.61 Å². The number of hydrogen-bond acceptors (Lipinski definition) is 6. The zero-order valence-electron chi connectivity index (χ0n) is 13.7. The zero-order valence-corrected chi connectivity index (χ0v) is 13.7. The molecular weight excluding hydrogens is 306 g/mol. The Balaban J connectivity index is 4.97. The normalized spacial score (nSPS) is 16.0. The van der Waals surface area contributed by atoms with Gasteiger partial charge in [0.2, 0.25) is 17.7 Å². The lowest BCUT2D eigenvalue weighted by atomic mass is 10.0. The van der Waals surface area contributed by atoms with Crippen LogP contribution in [0.1, 0.15) is 27.7 Å². The van der Waals surface area contributed by atoms with E-state index in [0.29, 0.717) is 6.29 Å². The van der Waals surface area contributed by atoms with Crippen LogP contribution < -0.4 is 16.0 Å². The standard InChI is InChI=1S/C14H25N3O6/c1-7(2)10(5-18)16-14(23)12(8(3)20)17-13(22)11(6-19)15-9(4)21/h5,7-8,10-12,19-20H,6H2,1-4H3,(H,15,21)(H,16,23)(H,17,22)/t8-,10-,11+,12+/m1/s1. The molecule has 0 aliphatic carbocycles. The molecule has 0 bridgehead atoms. The molecular formula is C14H25N3O6. The average Bonchev–Trinajstić information content (AvgIpc) is 2.46. The second kappa shape index (κ2) is 9.90. The van der Waals surface area contributed by atoms with Crippen LogP contribution in [0.4, 0.5) is 0 Å². The maximum Gasteiger partial charge on any atom is 0.245 e. The van der Waals surface area contributed by atoms with Gasteiger partial charge >= 0.3 is 0 Å². The molecule has 0 aliphatic rings. The number of nitrogens with one attached hydrogen (secondary N) is 3. The van der Waals surface area contributed by atoms with E-state index >= 15 is 0 Å². The molecule has 23 heavy (non-hydrogen) atoms. The van der Waals surface area contributed by atoms with Crippen LogP contribution in [-0.2, 0) is 19.2 Å². The van der Waals surface area contributed by atoms with Crippen LogP contribution in [0.5, 0.6) is 0 Å².